The molecule has 6 rings (SSSR count). The third kappa shape index (κ3) is 3.04. The van der Waals surface area contributed by atoms with Crippen LogP contribution in [0.25, 0.3) is 44.8 Å². The Morgan fingerprint density at radius 1 is 0.933 bits per heavy atom. The van der Waals surface area contributed by atoms with E-state index in [-0.39, 0.29) is 0 Å². The highest BCUT2D eigenvalue weighted by Crippen LogP contribution is 2.28. The van der Waals surface area contributed by atoms with Crippen molar-refractivity contribution in [2.24, 2.45) is 0 Å². The van der Waals surface area contributed by atoms with Crippen LogP contribution in [0.5, 0.6) is 0 Å². The van der Waals surface area contributed by atoms with Crippen molar-refractivity contribution in [2.75, 3.05) is 13.1 Å². The average molecular weight is 395 g/mol. The van der Waals surface area contributed by atoms with Gasteiger partial charge in [-0.25, -0.2) is 9.97 Å². The highest BCUT2D eigenvalue weighted by molar-refractivity contribution is 5.91. The minimum atomic E-state index is 0.716. The topological polar surface area (TPSA) is 86.4 Å². The molecule has 148 valence electrons. The molecule has 5 heterocycles. The fraction of sp³-hybridized carbons (Fsp3) is 0.217. The van der Waals surface area contributed by atoms with Gasteiger partial charge >= 0.3 is 0 Å². The zero-order valence-corrected chi connectivity index (χ0v) is 16.5. The van der Waals surface area contributed by atoms with Crippen LogP contribution in [0.3, 0.4) is 0 Å². The molecule has 1 fully saturated rings. The fourth-order valence-electron chi connectivity index (χ4n) is 4.20. The monoisotopic (exact) mass is 395 g/mol. The van der Waals surface area contributed by atoms with Crippen LogP contribution >= 0.6 is 0 Å². The van der Waals surface area contributed by atoms with Crippen molar-refractivity contribution < 1.29 is 0 Å². The Labute approximate surface area is 173 Å². The Balaban J connectivity index is 1.39. The predicted octanol–water partition coefficient (Wildman–Crippen LogP) is 4.16. The summed E-state index contributed by atoms with van der Waals surface area (Å²) < 4.78 is 0. The third-order valence-corrected chi connectivity index (χ3v) is 5.72. The minimum absolute atomic E-state index is 0.716. The molecule has 0 saturated carbocycles. The molecule has 30 heavy (non-hydrogen) atoms. The van der Waals surface area contributed by atoms with Gasteiger partial charge in [0.05, 0.1) is 22.2 Å². The highest BCUT2D eigenvalue weighted by atomic mass is 15.2. The SMILES string of the molecule is c1ccc2[nH]c(-c3n[nH]c4ccc(-c5cncc(CN6CCCC6)c5)nc34)nc2c1. The minimum Gasteiger partial charge on any atom is -0.337 e. The van der Waals surface area contributed by atoms with Gasteiger partial charge in [0.1, 0.15) is 5.52 Å². The third-order valence-electron chi connectivity index (χ3n) is 5.72. The number of imidazole rings is 1. The van der Waals surface area contributed by atoms with Gasteiger partial charge in [0.2, 0.25) is 0 Å². The van der Waals surface area contributed by atoms with Gasteiger partial charge in [-0.3, -0.25) is 15.0 Å². The molecule has 2 N–H and O–H groups in total. The number of likely N-dealkylation sites (tertiary alicyclic amines) is 1. The lowest BCUT2D eigenvalue weighted by molar-refractivity contribution is 0.331. The van der Waals surface area contributed by atoms with Crippen LogP contribution in [0.15, 0.2) is 54.9 Å². The molecule has 0 amide bonds. The number of nitrogens with one attached hydrogen (secondary N) is 2. The number of rotatable bonds is 4. The van der Waals surface area contributed by atoms with E-state index < -0.39 is 0 Å². The number of hydrogen-bond donors (Lipinski definition) is 2. The van der Waals surface area contributed by atoms with Gasteiger partial charge in [0.25, 0.3) is 0 Å². The first kappa shape index (κ1) is 17.3. The predicted molar refractivity (Wildman–Crippen MR) is 117 cm³/mol. The maximum Gasteiger partial charge on any atom is 0.161 e. The second kappa shape index (κ2) is 7.03. The van der Waals surface area contributed by atoms with Gasteiger partial charge in [-0.1, -0.05) is 12.1 Å². The summed E-state index contributed by atoms with van der Waals surface area (Å²) in [6, 6.07) is 14.2. The van der Waals surface area contributed by atoms with E-state index >= 15 is 0 Å². The average Bonchev–Trinajstić information content (AvgIpc) is 3.52. The van der Waals surface area contributed by atoms with Crippen molar-refractivity contribution in [1.29, 1.82) is 0 Å². The van der Waals surface area contributed by atoms with Crippen molar-refractivity contribution in [3.05, 3.63) is 60.4 Å². The Hall–Kier alpha value is -3.58. The molecule has 0 bridgehead atoms. The molecule has 4 aromatic heterocycles. The molecule has 0 aliphatic carbocycles. The first-order chi connectivity index (χ1) is 14.8. The molecule has 1 aliphatic heterocycles. The number of hydrogen-bond acceptors (Lipinski definition) is 5. The van der Waals surface area contributed by atoms with Gasteiger partial charge < -0.3 is 4.98 Å². The lowest BCUT2D eigenvalue weighted by atomic mass is 10.1. The molecule has 0 atom stereocenters. The molecule has 7 heteroatoms. The standard InChI is InChI=1S/C23H21N7/c1-2-6-19-18(5-1)26-23(27-19)22-21-20(28-29-22)8-7-17(25-21)16-11-15(12-24-13-16)14-30-9-3-4-10-30/h1-2,5-8,11-13H,3-4,9-10,14H2,(H,26,27)(H,28,29). The van der Waals surface area contributed by atoms with Gasteiger partial charge in [-0.15, -0.1) is 0 Å². The van der Waals surface area contributed by atoms with Crippen molar-refractivity contribution in [2.45, 2.75) is 19.4 Å². The second-order valence-corrected chi connectivity index (χ2v) is 7.83. The van der Waals surface area contributed by atoms with Crippen LogP contribution < -0.4 is 0 Å². The van der Waals surface area contributed by atoms with Crippen LogP contribution in [0.1, 0.15) is 18.4 Å². The highest BCUT2D eigenvalue weighted by Gasteiger charge is 2.16. The van der Waals surface area contributed by atoms with E-state index in [4.69, 9.17) is 4.98 Å². The van der Waals surface area contributed by atoms with E-state index in [1.54, 1.807) is 0 Å². The van der Waals surface area contributed by atoms with Crippen LogP contribution in [0.2, 0.25) is 0 Å². The van der Waals surface area contributed by atoms with E-state index in [1.807, 2.05) is 48.8 Å². The molecule has 1 aliphatic rings. The lowest BCUT2D eigenvalue weighted by Gasteiger charge is -2.14. The zero-order valence-electron chi connectivity index (χ0n) is 16.5. The molecule has 5 aromatic rings. The van der Waals surface area contributed by atoms with E-state index in [9.17, 15) is 0 Å². The molecular formula is C23H21N7. The smallest absolute Gasteiger partial charge is 0.161 e. The van der Waals surface area contributed by atoms with Gasteiger partial charge in [-0.2, -0.15) is 5.10 Å². The van der Waals surface area contributed by atoms with Crippen molar-refractivity contribution in [3.63, 3.8) is 0 Å². The summed E-state index contributed by atoms with van der Waals surface area (Å²) in [6.07, 6.45) is 6.41. The van der Waals surface area contributed by atoms with E-state index in [1.165, 1.54) is 31.5 Å². The number of benzene rings is 1. The number of aromatic nitrogens is 6. The maximum atomic E-state index is 4.92. The first-order valence-corrected chi connectivity index (χ1v) is 10.3. The summed E-state index contributed by atoms with van der Waals surface area (Å²) >= 11 is 0. The number of pyridine rings is 2. The Morgan fingerprint density at radius 2 is 1.83 bits per heavy atom. The summed E-state index contributed by atoms with van der Waals surface area (Å²) in [4.78, 5) is 19.9. The number of para-hydroxylation sites is 2. The number of nitrogens with zero attached hydrogens (tertiary/aromatic N) is 5. The van der Waals surface area contributed by atoms with E-state index in [0.717, 1.165) is 45.6 Å². The summed E-state index contributed by atoms with van der Waals surface area (Å²) in [5, 5.41) is 7.55. The van der Waals surface area contributed by atoms with Crippen molar-refractivity contribution in [1.82, 2.24) is 35.0 Å². The summed E-state index contributed by atoms with van der Waals surface area (Å²) in [7, 11) is 0. The molecule has 1 saturated heterocycles. The second-order valence-electron chi connectivity index (χ2n) is 7.83. The van der Waals surface area contributed by atoms with Crippen molar-refractivity contribution >= 4 is 22.1 Å². The Morgan fingerprint density at radius 3 is 2.73 bits per heavy atom. The molecule has 0 spiro atoms. The Kier molecular flexibility index (Phi) is 4.06. The zero-order chi connectivity index (χ0) is 19.9. The number of H-pyrrole nitrogens is 2. The maximum absolute atomic E-state index is 4.92. The first-order valence-electron chi connectivity index (χ1n) is 10.3. The summed E-state index contributed by atoms with van der Waals surface area (Å²) in [5.41, 5.74) is 7.44. The molecule has 1 aromatic carbocycles. The Bertz CT molecular complexity index is 1310. The number of fused-ring (bicyclic) bond motifs is 2. The fourth-order valence-corrected chi connectivity index (χ4v) is 4.20. The molecule has 7 nitrogen and oxygen atoms in total. The van der Waals surface area contributed by atoms with Gasteiger partial charge in [0.15, 0.2) is 11.5 Å². The quantitative estimate of drug-likeness (QED) is 0.477. The van der Waals surface area contributed by atoms with Gasteiger partial charge in [-0.05, 0) is 61.8 Å². The van der Waals surface area contributed by atoms with Crippen LogP contribution in [0.4, 0.5) is 0 Å². The molecule has 0 unspecified atom stereocenters. The van der Waals surface area contributed by atoms with Crippen molar-refractivity contribution in [3.8, 4) is 22.8 Å². The normalized spacial score (nSPS) is 14.8. The van der Waals surface area contributed by atoms with Crippen LogP contribution in [-0.2, 0) is 6.54 Å². The van der Waals surface area contributed by atoms with Crippen LogP contribution in [0, 0.1) is 0 Å². The van der Waals surface area contributed by atoms with E-state index in [0.29, 0.717) is 5.82 Å². The number of aromatic amines is 2. The lowest BCUT2D eigenvalue weighted by Crippen LogP contribution is -2.18. The summed E-state index contributed by atoms with van der Waals surface area (Å²) in [6.45, 7) is 3.29. The van der Waals surface area contributed by atoms with E-state index in [2.05, 4.69) is 36.1 Å². The van der Waals surface area contributed by atoms with Crippen LogP contribution in [-0.4, -0.2) is 48.1 Å². The molecular weight excluding hydrogens is 374 g/mol. The summed E-state index contributed by atoms with van der Waals surface area (Å²) in [5.74, 6) is 0.716. The van der Waals surface area contributed by atoms with Gasteiger partial charge in [0, 0.05) is 24.5 Å². The largest absolute Gasteiger partial charge is 0.337 e. The molecule has 0 radical (unpaired) electrons.